The normalized spacial score (nSPS) is 11.4. The van der Waals surface area contributed by atoms with Crippen LogP contribution in [-0.4, -0.2) is 15.7 Å². The van der Waals surface area contributed by atoms with E-state index in [1.165, 1.54) is 23.9 Å². The number of carbonyl (C=O) groups excluding carboxylic acids is 1. The summed E-state index contributed by atoms with van der Waals surface area (Å²) in [5.74, 6) is -0.851. The van der Waals surface area contributed by atoms with Crippen LogP contribution in [0.1, 0.15) is 21.5 Å². The molecule has 0 radical (unpaired) electrons. The summed E-state index contributed by atoms with van der Waals surface area (Å²) in [7, 11) is 1.78. The number of aromatic nitrogens is 2. The average Bonchev–Trinajstić information content (AvgIpc) is 3.14. The van der Waals surface area contributed by atoms with Crippen molar-refractivity contribution in [3.05, 3.63) is 101 Å². The van der Waals surface area contributed by atoms with Gasteiger partial charge >= 0.3 is 12.1 Å². The molecule has 0 saturated carbocycles. The lowest BCUT2D eigenvalue weighted by Gasteiger charge is -2.11. The molecule has 34 heavy (non-hydrogen) atoms. The van der Waals surface area contributed by atoms with E-state index >= 15 is 0 Å². The van der Waals surface area contributed by atoms with E-state index in [-0.39, 0.29) is 12.2 Å². The van der Waals surface area contributed by atoms with Crippen LogP contribution >= 0.6 is 23.4 Å². The van der Waals surface area contributed by atoms with Gasteiger partial charge in [-0.1, -0.05) is 59.8 Å². The number of aryl methyl sites for hydroxylation is 1. The van der Waals surface area contributed by atoms with Crippen LogP contribution in [-0.2, 0) is 24.6 Å². The number of hydrogen-bond acceptors (Lipinski definition) is 4. The molecule has 4 aromatic rings. The van der Waals surface area contributed by atoms with Gasteiger partial charge in [0.15, 0.2) is 0 Å². The van der Waals surface area contributed by atoms with Crippen LogP contribution in [0, 0.1) is 0 Å². The summed E-state index contributed by atoms with van der Waals surface area (Å²) in [5, 5.41) is 5.96. The summed E-state index contributed by atoms with van der Waals surface area (Å²) in [6.07, 6.45) is -4.55. The van der Waals surface area contributed by atoms with Gasteiger partial charge in [0.2, 0.25) is 0 Å². The number of hydrogen-bond donors (Lipinski definition) is 0. The molecule has 3 aromatic carbocycles. The molecule has 0 atom stereocenters. The Bertz CT molecular complexity index is 1310. The highest BCUT2D eigenvalue weighted by molar-refractivity contribution is 7.99. The van der Waals surface area contributed by atoms with E-state index in [9.17, 15) is 18.0 Å². The molecule has 0 N–H and O–H groups in total. The van der Waals surface area contributed by atoms with Crippen LogP contribution in [0.4, 0.5) is 13.2 Å². The molecule has 0 spiro atoms. The molecular weight excluding hydrogens is 485 g/mol. The highest BCUT2D eigenvalue weighted by Gasteiger charge is 2.31. The Balaban J connectivity index is 1.65. The molecule has 1 heterocycles. The number of nitrogens with zero attached hydrogens (tertiary/aromatic N) is 2. The third kappa shape index (κ3) is 5.46. The smallest absolute Gasteiger partial charge is 0.416 e. The van der Waals surface area contributed by atoms with Gasteiger partial charge in [-0.3, -0.25) is 4.68 Å². The number of esters is 1. The van der Waals surface area contributed by atoms with Crippen molar-refractivity contribution in [2.45, 2.75) is 22.7 Å². The van der Waals surface area contributed by atoms with Crippen molar-refractivity contribution in [2.24, 2.45) is 7.05 Å². The highest BCUT2D eigenvalue weighted by atomic mass is 35.5. The van der Waals surface area contributed by atoms with Gasteiger partial charge in [-0.2, -0.15) is 18.3 Å². The van der Waals surface area contributed by atoms with Crippen LogP contribution < -0.4 is 0 Å². The first-order chi connectivity index (χ1) is 16.2. The van der Waals surface area contributed by atoms with Gasteiger partial charge in [-0.25, -0.2) is 4.79 Å². The minimum atomic E-state index is -4.55. The number of carbonyl (C=O) groups is 1. The van der Waals surface area contributed by atoms with Gasteiger partial charge in [-0.05, 0) is 42.5 Å². The molecular formula is C25H18ClF3N2O2S. The van der Waals surface area contributed by atoms with Gasteiger partial charge < -0.3 is 4.74 Å². The Morgan fingerprint density at radius 2 is 1.74 bits per heavy atom. The SMILES string of the molecule is Cn1nc(-c2ccccc2)c(COC(=O)c2cccc(C(F)(F)F)c2)c1Sc1ccc(Cl)cc1. The summed E-state index contributed by atoms with van der Waals surface area (Å²) in [5.41, 5.74) is 1.01. The van der Waals surface area contributed by atoms with Gasteiger partial charge in [0, 0.05) is 28.1 Å². The van der Waals surface area contributed by atoms with E-state index in [4.69, 9.17) is 16.3 Å². The van der Waals surface area contributed by atoms with Crippen molar-refractivity contribution in [2.75, 3.05) is 0 Å². The maximum atomic E-state index is 13.0. The van der Waals surface area contributed by atoms with E-state index in [2.05, 4.69) is 5.10 Å². The fraction of sp³-hybridized carbons (Fsp3) is 0.120. The summed E-state index contributed by atoms with van der Waals surface area (Å²) in [6, 6.07) is 20.8. The Morgan fingerprint density at radius 3 is 2.41 bits per heavy atom. The number of rotatable bonds is 6. The lowest BCUT2D eigenvalue weighted by Crippen LogP contribution is -2.10. The van der Waals surface area contributed by atoms with Gasteiger partial charge in [0.25, 0.3) is 0 Å². The molecule has 174 valence electrons. The van der Waals surface area contributed by atoms with Gasteiger partial charge in [0.1, 0.15) is 17.3 Å². The summed E-state index contributed by atoms with van der Waals surface area (Å²) < 4.78 is 46.3. The zero-order chi connectivity index (χ0) is 24.3. The Kier molecular flexibility index (Phi) is 7.00. The number of alkyl halides is 3. The molecule has 1 aromatic heterocycles. The van der Waals surface area contributed by atoms with E-state index in [0.29, 0.717) is 16.3 Å². The topological polar surface area (TPSA) is 44.1 Å². The zero-order valence-corrected chi connectivity index (χ0v) is 19.4. The first-order valence-corrected chi connectivity index (χ1v) is 11.3. The lowest BCUT2D eigenvalue weighted by atomic mass is 10.1. The Hall–Kier alpha value is -3.23. The van der Waals surface area contributed by atoms with E-state index in [0.717, 1.165) is 27.6 Å². The maximum Gasteiger partial charge on any atom is 0.416 e. The molecule has 4 nitrogen and oxygen atoms in total. The Morgan fingerprint density at radius 1 is 1.03 bits per heavy atom. The zero-order valence-electron chi connectivity index (χ0n) is 17.8. The highest BCUT2D eigenvalue weighted by Crippen LogP contribution is 2.36. The lowest BCUT2D eigenvalue weighted by molar-refractivity contribution is -0.137. The molecule has 0 saturated heterocycles. The Labute approximate surface area is 203 Å². The minimum Gasteiger partial charge on any atom is -0.457 e. The van der Waals surface area contributed by atoms with E-state index in [1.54, 1.807) is 23.9 Å². The van der Waals surface area contributed by atoms with Crippen LogP contribution in [0.2, 0.25) is 5.02 Å². The third-order valence-corrected chi connectivity index (χ3v) is 6.40. The minimum absolute atomic E-state index is 0.164. The molecule has 9 heteroatoms. The van der Waals surface area contributed by atoms with Crippen molar-refractivity contribution < 1.29 is 22.7 Å². The fourth-order valence-electron chi connectivity index (χ4n) is 3.30. The summed E-state index contributed by atoms with van der Waals surface area (Å²) in [6.45, 7) is -0.164. The molecule has 0 aliphatic carbocycles. The van der Waals surface area contributed by atoms with Crippen molar-refractivity contribution in [3.8, 4) is 11.3 Å². The molecule has 0 unspecified atom stereocenters. The van der Waals surface area contributed by atoms with E-state index < -0.39 is 17.7 Å². The molecule has 0 bridgehead atoms. The number of ether oxygens (including phenoxy) is 1. The quantitative estimate of drug-likeness (QED) is 0.260. The monoisotopic (exact) mass is 502 g/mol. The maximum absolute atomic E-state index is 13.0. The molecule has 0 aliphatic heterocycles. The molecule has 0 amide bonds. The van der Waals surface area contributed by atoms with Crippen LogP contribution in [0.15, 0.2) is 88.8 Å². The first kappa shape index (κ1) is 23.9. The van der Waals surface area contributed by atoms with Crippen molar-refractivity contribution in [3.63, 3.8) is 0 Å². The predicted octanol–water partition coefficient (Wildman–Crippen LogP) is 7.27. The molecule has 0 aliphatic rings. The van der Waals surface area contributed by atoms with Gasteiger partial charge in [-0.15, -0.1) is 0 Å². The van der Waals surface area contributed by atoms with Gasteiger partial charge in [0.05, 0.1) is 11.1 Å². The summed E-state index contributed by atoms with van der Waals surface area (Å²) >= 11 is 7.41. The summed E-state index contributed by atoms with van der Waals surface area (Å²) in [4.78, 5) is 13.5. The van der Waals surface area contributed by atoms with Crippen molar-refractivity contribution in [1.29, 1.82) is 0 Å². The third-order valence-electron chi connectivity index (χ3n) is 4.94. The van der Waals surface area contributed by atoms with Crippen molar-refractivity contribution in [1.82, 2.24) is 9.78 Å². The van der Waals surface area contributed by atoms with E-state index in [1.807, 2.05) is 42.5 Å². The molecule has 0 fully saturated rings. The number of benzene rings is 3. The second kappa shape index (κ2) is 9.95. The largest absolute Gasteiger partial charge is 0.457 e. The molecule has 4 rings (SSSR count). The first-order valence-electron chi connectivity index (χ1n) is 10.1. The van der Waals surface area contributed by atoms with Crippen LogP contribution in [0.5, 0.6) is 0 Å². The second-order valence-corrected chi connectivity index (χ2v) is 8.83. The van der Waals surface area contributed by atoms with Crippen molar-refractivity contribution >= 4 is 29.3 Å². The van der Waals surface area contributed by atoms with Crippen LogP contribution in [0.3, 0.4) is 0 Å². The average molecular weight is 503 g/mol. The fourth-order valence-corrected chi connectivity index (χ4v) is 4.37. The number of halogens is 4. The second-order valence-electron chi connectivity index (χ2n) is 7.33. The standard InChI is InChI=1S/C25H18ClF3N2O2S/c1-31-23(34-20-12-10-19(26)11-13-20)21(22(30-31)16-6-3-2-4-7-16)15-33-24(32)17-8-5-9-18(14-17)25(27,28)29/h2-14H,15H2,1H3. The van der Waals surface area contributed by atoms with Crippen LogP contribution in [0.25, 0.3) is 11.3 Å². The predicted molar refractivity (Wildman–Crippen MR) is 125 cm³/mol.